The topological polar surface area (TPSA) is 77.8 Å². The molecule has 0 heterocycles. The van der Waals surface area contributed by atoms with E-state index >= 15 is 0 Å². The molecule has 0 spiro atoms. The summed E-state index contributed by atoms with van der Waals surface area (Å²) >= 11 is 7.78. The molecule has 0 aromatic heterocycles. The fourth-order valence-corrected chi connectivity index (χ4v) is 1.75. The molecule has 0 aliphatic carbocycles. The fraction of sp³-hybridized carbons (Fsp3) is 0.333. The Kier molecular flexibility index (Phi) is 18.1. The largest absolute Gasteiger partial charge is 0.512 e. The van der Waals surface area contributed by atoms with Gasteiger partial charge >= 0.3 is 0 Å². The molecule has 0 bridgehead atoms. The first-order valence-electron chi connectivity index (χ1n) is 3.19. The van der Waals surface area contributed by atoms with Crippen molar-refractivity contribution in [2.24, 2.45) is 0 Å². The average Bonchev–Trinajstić information content (AvgIpc) is 1.79. The van der Waals surface area contributed by atoms with Crippen LogP contribution in [-0.2, 0) is 51.2 Å². The minimum absolute atomic E-state index is 0. The minimum atomic E-state index is -1.31. The van der Waals surface area contributed by atoms with E-state index < -0.39 is 19.6 Å². The first-order chi connectivity index (χ1) is 6.25. The van der Waals surface area contributed by atoms with Crippen LogP contribution in [0.4, 0.5) is 0 Å². The number of allylic oxidation sites excluding steroid dienone is 2. The van der Waals surface area contributed by atoms with E-state index in [0.29, 0.717) is 0 Å². The summed E-state index contributed by atoms with van der Waals surface area (Å²) in [6, 6.07) is 0. The van der Waals surface area contributed by atoms with Crippen LogP contribution in [0.15, 0.2) is 22.3 Å². The van der Waals surface area contributed by atoms with Crippen molar-refractivity contribution in [2.75, 3.05) is 0 Å². The van der Waals surface area contributed by atoms with Crippen molar-refractivity contribution in [3.05, 3.63) is 22.3 Å². The number of aliphatic hydroxyl groups is 2. The predicted molar refractivity (Wildman–Crippen MR) is 67.3 cm³/mol. The third kappa shape index (κ3) is 31.3. The van der Waals surface area contributed by atoms with Crippen molar-refractivity contribution in [2.45, 2.75) is 13.8 Å². The standard InChI is InChI=1S/2C3H6O2S2.Pd/c2*1-3(4)2-7(5)6;/h2*2,4H,1H3,(H,5,6);/b2*3-2-;. The Morgan fingerprint density at radius 3 is 1.60 bits per heavy atom. The third-order valence-corrected chi connectivity index (χ3v) is 2.23. The Bertz CT molecular complexity index is 240. The van der Waals surface area contributed by atoms with Crippen LogP contribution in [0.5, 0.6) is 0 Å². The van der Waals surface area contributed by atoms with Crippen LogP contribution in [0.1, 0.15) is 13.8 Å². The van der Waals surface area contributed by atoms with Gasteiger partial charge in [0.25, 0.3) is 0 Å². The maximum atomic E-state index is 9.99. The molecule has 0 amide bonds. The molecule has 4 nitrogen and oxygen atoms in total. The number of thiol groups is 1. The molecular weight excluding hydrogens is 371 g/mol. The Morgan fingerprint density at radius 2 is 1.60 bits per heavy atom. The molecule has 0 fully saturated rings. The average molecular weight is 383 g/mol. The maximum Gasteiger partial charge on any atom is 0.106 e. The number of rotatable bonds is 2. The van der Waals surface area contributed by atoms with Crippen LogP contribution in [0, 0.1) is 0 Å². The second-order valence-corrected chi connectivity index (χ2v) is 5.75. The van der Waals surface area contributed by atoms with Gasteiger partial charge in [-0.2, -0.15) is 0 Å². The van der Waals surface area contributed by atoms with Crippen molar-refractivity contribution < 1.29 is 39.4 Å². The molecule has 2 atom stereocenters. The van der Waals surface area contributed by atoms with Gasteiger partial charge in [0.05, 0.1) is 16.9 Å². The Hall–Kier alpha value is 0.772. The normalized spacial score (nSPS) is 15.5. The van der Waals surface area contributed by atoms with Crippen LogP contribution < -0.4 is 0 Å². The molecule has 0 rings (SSSR count). The molecule has 15 heavy (non-hydrogen) atoms. The second kappa shape index (κ2) is 12.8. The van der Waals surface area contributed by atoms with E-state index in [1.807, 2.05) is 0 Å². The van der Waals surface area contributed by atoms with Crippen molar-refractivity contribution in [1.29, 1.82) is 0 Å². The van der Waals surface area contributed by atoms with E-state index in [-0.39, 0.29) is 31.9 Å². The van der Waals surface area contributed by atoms with Gasteiger partial charge in [0, 0.05) is 35.6 Å². The van der Waals surface area contributed by atoms with Crippen LogP contribution in [0.25, 0.3) is 0 Å². The first-order valence-corrected chi connectivity index (χ1v) is 7.63. The quantitative estimate of drug-likeness (QED) is 0.254. The Morgan fingerprint density at radius 1 is 1.27 bits per heavy atom. The summed E-state index contributed by atoms with van der Waals surface area (Å²) in [6.45, 7) is 2.90. The van der Waals surface area contributed by atoms with Gasteiger partial charge in [0.1, 0.15) is 9.83 Å². The summed E-state index contributed by atoms with van der Waals surface area (Å²) in [4.78, 5) is 0. The van der Waals surface area contributed by atoms with E-state index in [2.05, 4.69) is 22.8 Å². The molecule has 0 aliphatic heterocycles. The second-order valence-electron chi connectivity index (χ2n) is 2.07. The molecular formula is C6H12O4PdS4. The van der Waals surface area contributed by atoms with Crippen molar-refractivity contribution in [1.82, 2.24) is 0 Å². The van der Waals surface area contributed by atoms with Gasteiger partial charge in [-0.1, -0.05) is 11.7 Å². The van der Waals surface area contributed by atoms with Gasteiger partial charge in [0.2, 0.25) is 0 Å². The molecule has 0 aliphatic rings. The number of hydrogen-bond donors (Lipinski definition) is 4. The van der Waals surface area contributed by atoms with Crippen LogP contribution in [0.3, 0.4) is 0 Å². The van der Waals surface area contributed by atoms with Crippen molar-refractivity contribution >= 4 is 42.4 Å². The number of hydrogen-bond acceptors (Lipinski definition) is 4. The van der Waals surface area contributed by atoms with Gasteiger partial charge in [-0.15, -0.1) is 0 Å². The zero-order valence-corrected chi connectivity index (χ0v) is 12.8. The van der Waals surface area contributed by atoms with E-state index in [4.69, 9.17) is 14.8 Å². The van der Waals surface area contributed by atoms with E-state index in [0.717, 1.165) is 5.41 Å². The monoisotopic (exact) mass is 382 g/mol. The zero-order chi connectivity index (χ0) is 11.7. The first kappa shape index (κ1) is 21.1. The fourth-order valence-electron chi connectivity index (χ4n) is 0.292. The molecule has 3 N–H and O–H groups in total. The molecule has 0 saturated heterocycles. The van der Waals surface area contributed by atoms with Crippen LogP contribution >= 0.6 is 11.7 Å². The summed E-state index contributed by atoms with van der Waals surface area (Å²) in [5.74, 6) is 0.106. The SMILES string of the molecule is C/C(O)=C/S(=O)S.C/C(O)=C/S(O)=S.[Pd]. The zero-order valence-electron chi connectivity index (χ0n) is 7.89. The van der Waals surface area contributed by atoms with Crippen molar-refractivity contribution in [3.8, 4) is 0 Å². The number of aliphatic hydroxyl groups excluding tert-OH is 2. The van der Waals surface area contributed by atoms with E-state index in [9.17, 15) is 4.21 Å². The summed E-state index contributed by atoms with van der Waals surface area (Å²) in [5.41, 5.74) is 0. The summed E-state index contributed by atoms with van der Waals surface area (Å²) in [5, 5.41) is 19.1. The maximum absolute atomic E-state index is 9.99. The van der Waals surface area contributed by atoms with Gasteiger partial charge in [0.15, 0.2) is 0 Å². The van der Waals surface area contributed by atoms with Crippen molar-refractivity contribution in [3.63, 3.8) is 0 Å². The van der Waals surface area contributed by atoms with E-state index in [1.54, 1.807) is 0 Å². The predicted octanol–water partition coefficient (Wildman–Crippen LogP) is 1.96. The van der Waals surface area contributed by atoms with Gasteiger partial charge in [-0.25, -0.2) is 4.21 Å². The molecule has 94 valence electrons. The molecule has 0 aromatic rings. The molecule has 0 radical (unpaired) electrons. The molecule has 9 heteroatoms. The smallest absolute Gasteiger partial charge is 0.106 e. The summed E-state index contributed by atoms with van der Waals surface area (Å²) in [7, 11) is -2.49. The third-order valence-electron chi connectivity index (χ3n) is 0.543. The molecule has 0 saturated carbocycles. The molecule has 2 unspecified atom stereocenters. The Balaban J connectivity index is -0.000000180. The van der Waals surface area contributed by atoms with Crippen LogP contribution in [-0.4, -0.2) is 19.0 Å². The molecule has 0 aromatic carbocycles. The van der Waals surface area contributed by atoms with Gasteiger partial charge < -0.3 is 14.8 Å². The van der Waals surface area contributed by atoms with Crippen LogP contribution in [0.2, 0.25) is 0 Å². The Labute approximate surface area is 117 Å². The van der Waals surface area contributed by atoms with E-state index in [1.165, 1.54) is 19.3 Å². The van der Waals surface area contributed by atoms with Gasteiger partial charge in [-0.3, -0.25) is 0 Å². The minimum Gasteiger partial charge on any atom is -0.512 e. The van der Waals surface area contributed by atoms with Gasteiger partial charge in [-0.05, 0) is 25.0 Å². The summed E-state index contributed by atoms with van der Waals surface area (Å²) < 4.78 is 18.3. The summed E-state index contributed by atoms with van der Waals surface area (Å²) in [6.07, 6.45) is 0.